The van der Waals surface area contributed by atoms with Crippen LogP contribution in [0.25, 0.3) is 0 Å². The first-order valence-corrected chi connectivity index (χ1v) is 6.65. The lowest BCUT2D eigenvalue weighted by Gasteiger charge is -2.18. The van der Waals surface area contributed by atoms with Crippen LogP contribution in [-0.4, -0.2) is 25.6 Å². The molecule has 1 aliphatic heterocycles. The number of anilines is 1. The minimum Gasteiger partial charge on any atom is -0.482 e. The van der Waals surface area contributed by atoms with Crippen LogP contribution in [0.15, 0.2) is 18.2 Å². The van der Waals surface area contributed by atoms with Crippen molar-refractivity contribution >= 4 is 11.6 Å². The maximum atomic E-state index is 11.2. The van der Waals surface area contributed by atoms with Gasteiger partial charge in [0.15, 0.2) is 6.61 Å². The van der Waals surface area contributed by atoms with Crippen molar-refractivity contribution < 1.29 is 9.53 Å². The standard InChI is InChI=1S/C14H21N3O2/c1-10(7-15)4-5-16-8-11-2-3-13-12(6-11)17-14(18)9-19-13/h2-3,6,10,16H,4-5,7-9,15H2,1H3,(H,17,18). The zero-order valence-electron chi connectivity index (χ0n) is 11.2. The first kappa shape index (κ1) is 13.8. The molecule has 2 rings (SSSR count). The van der Waals surface area contributed by atoms with Crippen LogP contribution in [-0.2, 0) is 11.3 Å². The average molecular weight is 263 g/mol. The van der Waals surface area contributed by atoms with E-state index in [1.165, 1.54) is 0 Å². The Morgan fingerprint density at radius 3 is 3.16 bits per heavy atom. The second kappa shape index (κ2) is 6.54. The monoisotopic (exact) mass is 263 g/mol. The lowest BCUT2D eigenvalue weighted by atomic mass is 10.1. The summed E-state index contributed by atoms with van der Waals surface area (Å²) in [5, 5.41) is 6.19. The summed E-state index contributed by atoms with van der Waals surface area (Å²) in [4.78, 5) is 11.2. The summed E-state index contributed by atoms with van der Waals surface area (Å²) in [7, 11) is 0. The van der Waals surface area contributed by atoms with Crippen molar-refractivity contribution in [1.82, 2.24) is 5.32 Å². The van der Waals surface area contributed by atoms with E-state index in [0.717, 1.165) is 43.1 Å². The molecule has 1 aromatic rings. The molecule has 19 heavy (non-hydrogen) atoms. The summed E-state index contributed by atoms with van der Waals surface area (Å²) in [6, 6.07) is 5.86. The predicted octanol–water partition coefficient (Wildman–Crippen LogP) is 1.09. The van der Waals surface area contributed by atoms with Crippen molar-refractivity contribution in [3.63, 3.8) is 0 Å². The highest BCUT2D eigenvalue weighted by Crippen LogP contribution is 2.28. The Kier molecular flexibility index (Phi) is 4.76. The van der Waals surface area contributed by atoms with Crippen LogP contribution in [0.4, 0.5) is 5.69 Å². The number of ether oxygens (including phenoxy) is 1. The van der Waals surface area contributed by atoms with E-state index in [0.29, 0.717) is 5.92 Å². The number of nitrogens with one attached hydrogen (secondary N) is 2. The molecule has 1 atom stereocenters. The zero-order chi connectivity index (χ0) is 13.7. The van der Waals surface area contributed by atoms with Crippen molar-refractivity contribution in [2.45, 2.75) is 19.9 Å². The highest BCUT2D eigenvalue weighted by molar-refractivity contribution is 5.95. The van der Waals surface area contributed by atoms with E-state index in [-0.39, 0.29) is 12.5 Å². The molecule has 1 heterocycles. The maximum Gasteiger partial charge on any atom is 0.262 e. The molecule has 104 valence electrons. The van der Waals surface area contributed by atoms with Crippen LogP contribution in [0.2, 0.25) is 0 Å². The van der Waals surface area contributed by atoms with Crippen LogP contribution < -0.4 is 21.1 Å². The third-order valence-electron chi connectivity index (χ3n) is 3.22. The summed E-state index contributed by atoms with van der Waals surface area (Å²) in [5.41, 5.74) is 7.46. The van der Waals surface area contributed by atoms with Crippen molar-refractivity contribution in [3.8, 4) is 5.75 Å². The lowest BCUT2D eigenvalue weighted by molar-refractivity contribution is -0.118. The van der Waals surface area contributed by atoms with Crippen LogP contribution in [0.3, 0.4) is 0 Å². The summed E-state index contributed by atoms with van der Waals surface area (Å²) in [6.45, 7) is 4.69. The third-order valence-corrected chi connectivity index (χ3v) is 3.22. The Bertz CT molecular complexity index is 448. The lowest BCUT2D eigenvalue weighted by Crippen LogP contribution is -2.25. The molecule has 1 aromatic carbocycles. The van der Waals surface area contributed by atoms with Crippen molar-refractivity contribution in [2.24, 2.45) is 11.7 Å². The van der Waals surface area contributed by atoms with E-state index in [2.05, 4.69) is 17.6 Å². The van der Waals surface area contributed by atoms with Gasteiger partial charge in [-0.2, -0.15) is 0 Å². The molecule has 0 radical (unpaired) electrons. The number of rotatable bonds is 6. The number of fused-ring (bicyclic) bond motifs is 1. The van der Waals surface area contributed by atoms with E-state index < -0.39 is 0 Å². The van der Waals surface area contributed by atoms with E-state index >= 15 is 0 Å². The van der Waals surface area contributed by atoms with Gasteiger partial charge in [0, 0.05) is 6.54 Å². The van der Waals surface area contributed by atoms with Gasteiger partial charge in [0.2, 0.25) is 0 Å². The zero-order valence-corrected chi connectivity index (χ0v) is 11.2. The van der Waals surface area contributed by atoms with Gasteiger partial charge in [-0.15, -0.1) is 0 Å². The van der Waals surface area contributed by atoms with Crippen LogP contribution >= 0.6 is 0 Å². The molecule has 0 saturated heterocycles. The molecule has 0 aromatic heterocycles. The molecule has 4 N–H and O–H groups in total. The molecule has 5 heteroatoms. The van der Waals surface area contributed by atoms with Gasteiger partial charge in [0.1, 0.15) is 5.75 Å². The topological polar surface area (TPSA) is 76.4 Å². The van der Waals surface area contributed by atoms with E-state index in [1.54, 1.807) is 0 Å². The van der Waals surface area contributed by atoms with Crippen LogP contribution in [0, 0.1) is 5.92 Å². The predicted molar refractivity (Wildman–Crippen MR) is 75.1 cm³/mol. The Labute approximate surface area is 113 Å². The maximum absolute atomic E-state index is 11.2. The van der Waals surface area contributed by atoms with Gasteiger partial charge < -0.3 is 21.1 Å². The fraction of sp³-hybridized carbons (Fsp3) is 0.500. The van der Waals surface area contributed by atoms with Gasteiger partial charge in [-0.3, -0.25) is 4.79 Å². The van der Waals surface area contributed by atoms with Crippen LogP contribution in [0.1, 0.15) is 18.9 Å². The second-order valence-electron chi connectivity index (χ2n) is 4.97. The average Bonchev–Trinajstić information content (AvgIpc) is 2.42. The summed E-state index contributed by atoms with van der Waals surface area (Å²) in [6.07, 6.45) is 1.07. The van der Waals surface area contributed by atoms with Crippen molar-refractivity contribution in [1.29, 1.82) is 0 Å². The molecule has 1 amide bonds. The van der Waals surface area contributed by atoms with E-state index in [9.17, 15) is 4.79 Å². The van der Waals surface area contributed by atoms with Gasteiger partial charge >= 0.3 is 0 Å². The minimum absolute atomic E-state index is 0.0988. The Balaban J connectivity index is 1.84. The smallest absolute Gasteiger partial charge is 0.262 e. The molecule has 0 aliphatic carbocycles. The third kappa shape index (κ3) is 3.94. The van der Waals surface area contributed by atoms with E-state index in [1.807, 2.05) is 18.2 Å². The Morgan fingerprint density at radius 2 is 2.37 bits per heavy atom. The number of benzene rings is 1. The summed E-state index contributed by atoms with van der Waals surface area (Å²) >= 11 is 0. The van der Waals surface area contributed by atoms with Gasteiger partial charge in [-0.05, 0) is 43.1 Å². The van der Waals surface area contributed by atoms with Gasteiger partial charge in [0.25, 0.3) is 5.91 Å². The fourth-order valence-corrected chi connectivity index (χ4v) is 1.94. The highest BCUT2D eigenvalue weighted by Gasteiger charge is 2.15. The molecule has 0 saturated carbocycles. The Morgan fingerprint density at radius 1 is 1.53 bits per heavy atom. The highest BCUT2D eigenvalue weighted by atomic mass is 16.5. The number of amides is 1. The number of hydrogen-bond donors (Lipinski definition) is 3. The van der Waals surface area contributed by atoms with Gasteiger partial charge in [-0.1, -0.05) is 13.0 Å². The first-order chi connectivity index (χ1) is 9.19. The van der Waals surface area contributed by atoms with Gasteiger partial charge in [0.05, 0.1) is 5.69 Å². The molecule has 1 unspecified atom stereocenters. The van der Waals surface area contributed by atoms with E-state index in [4.69, 9.17) is 10.5 Å². The first-order valence-electron chi connectivity index (χ1n) is 6.65. The molecular weight excluding hydrogens is 242 g/mol. The van der Waals surface area contributed by atoms with Crippen LogP contribution in [0.5, 0.6) is 5.75 Å². The SMILES string of the molecule is CC(CN)CCNCc1ccc2c(c1)NC(=O)CO2. The number of nitrogens with two attached hydrogens (primary N) is 1. The molecule has 5 nitrogen and oxygen atoms in total. The second-order valence-corrected chi connectivity index (χ2v) is 4.97. The summed E-state index contributed by atoms with van der Waals surface area (Å²) in [5.74, 6) is 1.18. The molecule has 0 spiro atoms. The molecular formula is C14H21N3O2. The Hall–Kier alpha value is -1.59. The molecule has 0 fully saturated rings. The number of hydrogen-bond acceptors (Lipinski definition) is 4. The number of carbonyl (C=O) groups is 1. The summed E-state index contributed by atoms with van der Waals surface area (Å²) < 4.78 is 5.32. The largest absolute Gasteiger partial charge is 0.482 e. The quantitative estimate of drug-likeness (QED) is 0.672. The molecule has 0 bridgehead atoms. The minimum atomic E-state index is -0.102. The molecule has 1 aliphatic rings. The van der Waals surface area contributed by atoms with Crippen molar-refractivity contribution in [2.75, 3.05) is 25.0 Å². The van der Waals surface area contributed by atoms with Crippen molar-refractivity contribution in [3.05, 3.63) is 23.8 Å². The normalized spacial score (nSPS) is 15.4. The number of carbonyl (C=O) groups excluding carboxylic acids is 1. The van der Waals surface area contributed by atoms with Gasteiger partial charge in [-0.25, -0.2) is 0 Å². The fourth-order valence-electron chi connectivity index (χ4n) is 1.94.